The lowest BCUT2D eigenvalue weighted by Crippen LogP contribution is -2.34. The summed E-state index contributed by atoms with van der Waals surface area (Å²) in [7, 11) is 0. The van der Waals surface area contributed by atoms with E-state index in [0.717, 1.165) is 60.5 Å². The molecule has 1 fully saturated rings. The van der Waals surface area contributed by atoms with Gasteiger partial charge in [-0.05, 0) is 59.2 Å². The second-order valence-corrected chi connectivity index (χ2v) is 9.38. The molecule has 3 aromatic heterocycles. The fourth-order valence-corrected chi connectivity index (χ4v) is 4.34. The van der Waals surface area contributed by atoms with Crippen molar-refractivity contribution in [1.82, 2.24) is 35.3 Å². The van der Waals surface area contributed by atoms with Crippen molar-refractivity contribution in [1.29, 1.82) is 0 Å². The van der Waals surface area contributed by atoms with Crippen molar-refractivity contribution in [3.05, 3.63) is 65.3 Å². The smallest absolute Gasteiger partial charge is 0.223 e. The van der Waals surface area contributed by atoms with E-state index in [1.165, 1.54) is 10.9 Å². The molecular weight excluding hydrogens is 473 g/mol. The summed E-state index contributed by atoms with van der Waals surface area (Å²) in [6.45, 7) is 9.72. The SMILES string of the molecule is C=N/C(=C\C=C(/C)CNC(=O)[C@H]1CC[C@H](c2nc(C)cc(Nc3cc(C)[nH]n3)n2)CC1)n1cc(F)cn1. The topological polar surface area (TPSA) is 126 Å². The number of aromatic amines is 1. The number of H-pyrrole nitrogens is 1. The molecular formula is C26H32FN9O. The number of carbonyl (C=O) groups is 1. The number of halogens is 1. The standard InChI is InChI=1S/C26H32FN9O/c1-16(5-10-24(28-4)36-15-21(27)14-30-36)13-29-26(37)20-8-6-19(7-9-20)25-31-17(2)11-22(33-25)32-23-12-18(3)34-35-23/h5,10-12,14-15,19-20H,4,6-9,13H2,1-3H3,(H,29,37)(H2,31,32,33,34,35)/b16-5+,24-10+/t19-,20-. The van der Waals surface area contributed by atoms with Gasteiger partial charge in [-0.1, -0.05) is 11.6 Å². The van der Waals surface area contributed by atoms with Gasteiger partial charge in [0.05, 0.1) is 12.4 Å². The zero-order valence-corrected chi connectivity index (χ0v) is 21.3. The molecule has 0 radical (unpaired) electrons. The molecule has 10 nitrogen and oxygen atoms in total. The summed E-state index contributed by atoms with van der Waals surface area (Å²) in [6, 6.07) is 3.82. The Morgan fingerprint density at radius 2 is 2.00 bits per heavy atom. The lowest BCUT2D eigenvalue weighted by atomic mass is 9.81. The molecule has 0 atom stereocenters. The van der Waals surface area contributed by atoms with Crippen molar-refractivity contribution in [2.75, 3.05) is 11.9 Å². The molecule has 1 aliphatic carbocycles. The number of allylic oxidation sites excluding steroid dienone is 2. The summed E-state index contributed by atoms with van der Waals surface area (Å²) in [5, 5.41) is 17.3. The van der Waals surface area contributed by atoms with Crippen LogP contribution in [0.2, 0.25) is 0 Å². The van der Waals surface area contributed by atoms with Crippen LogP contribution in [0.15, 0.2) is 47.2 Å². The Hall–Kier alpha value is -4.15. The number of nitrogens with one attached hydrogen (secondary N) is 3. The highest BCUT2D eigenvalue weighted by Crippen LogP contribution is 2.35. The summed E-state index contributed by atoms with van der Waals surface area (Å²) in [5.74, 6) is 2.42. The van der Waals surface area contributed by atoms with E-state index in [1.807, 2.05) is 39.0 Å². The average Bonchev–Trinajstić information content (AvgIpc) is 3.50. The van der Waals surface area contributed by atoms with Crippen LogP contribution in [0.4, 0.5) is 16.0 Å². The van der Waals surface area contributed by atoms with E-state index >= 15 is 0 Å². The maximum atomic E-state index is 13.2. The molecule has 3 heterocycles. The molecule has 3 N–H and O–H groups in total. The van der Waals surface area contributed by atoms with Crippen LogP contribution in [0.25, 0.3) is 5.82 Å². The monoisotopic (exact) mass is 505 g/mol. The van der Waals surface area contributed by atoms with E-state index in [4.69, 9.17) is 4.98 Å². The fraction of sp³-hybridized carbons (Fsp3) is 0.385. The molecule has 0 saturated heterocycles. The Morgan fingerprint density at radius 3 is 2.65 bits per heavy atom. The number of hydrogen-bond acceptors (Lipinski definition) is 7. The molecule has 4 rings (SSSR count). The summed E-state index contributed by atoms with van der Waals surface area (Å²) in [4.78, 5) is 26.1. The first-order valence-electron chi connectivity index (χ1n) is 12.3. The Balaban J connectivity index is 1.29. The van der Waals surface area contributed by atoms with Crippen LogP contribution in [0.5, 0.6) is 0 Å². The van der Waals surface area contributed by atoms with Crippen LogP contribution in [-0.4, -0.2) is 49.1 Å². The molecule has 37 heavy (non-hydrogen) atoms. The molecule has 0 bridgehead atoms. The highest BCUT2D eigenvalue weighted by atomic mass is 19.1. The third-order valence-corrected chi connectivity index (χ3v) is 6.30. The number of amides is 1. The van der Waals surface area contributed by atoms with Gasteiger partial charge in [-0.15, -0.1) is 0 Å². The highest BCUT2D eigenvalue weighted by molar-refractivity contribution is 5.79. The number of aromatic nitrogens is 6. The first-order valence-corrected chi connectivity index (χ1v) is 12.3. The first-order chi connectivity index (χ1) is 17.8. The molecule has 3 aromatic rings. The molecule has 194 valence electrons. The number of anilines is 2. The minimum atomic E-state index is -0.451. The molecule has 0 spiro atoms. The maximum absolute atomic E-state index is 13.2. The molecule has 1 saturated carbocycles. The van der Waals surface area contributed by atoms with Crippen molar-refractivity contribution < 1.29 is 9.18 Å². The van der Waals surface area contributed by atoms with Gasteiger partial charge < -0.3 is 10.6 Å². The summed E-state index contributed by atoms with van der Waals surface area (Å²) in [6.07, 6.45) is 9.11. The largest absolute Gasteiger partial charge is 0.352 e. The second kappa shape index (κ2) is 11.7. The van der Waals surface area contributed by atoms with E-state index in [9.17, 15) is 9.18 Å². The van der Waals surface area contributed by atoms with Gasteiger partial charge in [-0.2, -0.15) is 10.2 Å². The van der Waals surface area contributed by atoms with E-state index in [1.54, 1.807) is 6.08 Å². The van der Waals surface area contributed by atoms with Crippen LogP contribution in [-0.2, 0) is 4.79 Å². The van der Waals surface area contributed by atoms with Crippen LogP contribution in [0.1, 0.15) is 55.7 Å². The first kappa shape index (κ1) is 25.9. The van der Waals surface area contributed by atoms with E-state index in [0.29, 0.717) is 18.2 Å². The predicted molar refractivity (Wildman–Crippen MR) is 141 cm³/mol. The van der Waals surface area contributed by atoms with Gasteiger partial charge in [0.1, 0.15) is 11.6 Å². The maximum Gasteiger partial charge on any atom is 0.223 e. The van der Waals surface area contributed by atoms with Crippen LogP contribution < -0.4 is 10.6 Å². The second-order valence-electron chi connectivity index (χ2n) is 9.38. The molecule has 0 unspecified atom stereocenters. The summed E-state index contributed by atoms with van der Waals surface area (Å²) < 4.78 is 14.5. The Labute approximate surface area is 215 Å². The van der Waals surface area contributed by atoms with Gasteiger partial charge in [0.25, 0.3) is 0 Å². The van der Waals surface area contributed by atoms with Crippen LogP contribution in [0, 0.1) is 25.6 Å². The number of hydrogen-bond donors (Lipinski definition) is 3. The van der Waals surface area contributed by atoms with Gasteiger partial charge in [0, 0.05) is 41.9 Å². The molecule has 1 amide bonds. The Kier molecular flexibility index (Phi) is 8.22. The summed E-state index contributed by atoms with van der Waals surface area (Å²) in [5.41, 5.74) is 2.79. The minimum Gasteiger partial charge on any atom is -0.352 e. The van der Waals surface area contributed by atoms with E-state index in [2.05, 4.69) is 42.6 Å². The number of aryl methyl sites for hydroxylation is 2. The zero-order valence-electron chi connectivity index (χ0n) is 21.3. The zero-order chi connectivity index (χ0) is 26.4. The van der Waals surface area contributed by atoms with Gasteiger partial charge in [0.15, 0.2) is 17.5 Å². The molecule has 1 aliphatic rings. The van der Waals surface area contributed by atoms with Crippen molar-refractivity contribution in [2.24, 2.45) is 10.9 Å². The number of rotatable bonds is 9. The van der Waals surface area contributed by atoms with E-state index < -0.39 is 5.82 Å². The quantitative estimate of drug-likeness (QED) is 0.292. The molecule has 0 aliphatic heterocycles. The van der Waals surface area contributed by atoms with Crippen molar-refractivity contribution in [3.8, 4) is 0 Å². The van der Waals surface area contributed by atoms with Crippen LogP contribution in [0.3, 0.4) is 0 Å². The third kappa shape index (κ3) is 6.96. The lowest BCUT2D eigenvalue weighted by Gasteiger charge is -2.27. The van der Waals surface area contributed by atoms with E-state index in [-0.39, 0.29) is 17.7 Å². The number of nitrogens with zero attached hydrogens (tertiary/aromatic N) is 6. The third-order valence-electron chi connectivity index (χ3n) is 6.30. The molecule has 11 heteroatoms. The van der Waals surface area contributed by atoms with Gasteiger partial charge in [-0.25, -0.2) is 24.0 Å². The lowest BCUT2D eigenvalue weighted by molar-refractivity contribution is -0.125. The van der Waals surface area contributed by atoms with Gasteiger partial charge in [0.2, 0.25) is 5.91 Å². The Morgan fingerprint density at radius 1 is 1.22 bits per heavy atom. The number of carbonyl (C=O) groups excluding carboxylic acids is 1. The Bertz CT molecular complexity index is 1320. The van der Waals surface area contributed by atoms with Crippen molar-refractivity contribution in [3.63, 3.8) is 0 Å². The predicted octanol–water partition coefficient (Wildman–Crippen LogP) is 4.43. The normalized spacial score (nSPS) is 18.5. The molecule has 0 aromatic carbocycles. The van der Waals surface area contributed by atoms with Crippen LogP contribution >= 0.6 is 0 Å². The van der Waals surface area contributed by atoms with Gasteiger partial charge in [-0.3, -0.25) is 9.89 Å². The fourth-order valence-electron chi connectivity index (χ4n) is 4.34. The van der Waals surface area contributed by atoms with Gasteiger partial charge >= 0.3 is 0 Å². The highest BCUT2D eigenvalue weighted by Gasteiger charge is 2.28. The number of aliphatic imine (C=N–C) groups is 1. The van der Waals surface area contributed by atoms with Crippen molar-refractivity contribution in [2.45, 2.75) is 52.4 Å². The summed E-state index contributed by atoms with van der Waals surface area (Å²) >= 11 is 0. The minimum absolute atomic E-state index is 0.0357. The van der Waals surface area contributed by atoms with Crippen molar-refractivity contribution >= 4 is 30.1 Å². The average molecular weight is 506 g/mol.